The van der Waals surface area contributed by atoms with E-state index in [1.165, 1.54) is 9.80 Å². The molecule has 18 heteroatoms. The molecule has 4 aromatic rings. The highest BCUT2D eigenvalue weighted by Crippen LogP contribution is 2.33. The average Bonchev–Trinajstić information content (AvgIpc) is 3.85. The zero-order valence-corrected chi connectivity index (χ0v) is 30.4. The van der Waals surface area contributed by atoms with Crippen molar-refractivity contribution in [1.82, 2.24) is 19.8 Å². The molecule has 0 spiro atoms. The van der Waals surface area contributed by atoms with Crippen LogP contribution in [0.5, 0.6) is 0 Å². The summed E-state index contributed by atoms with van der Waals surface area (Å²) in [5, 5.41) is 4.35. The molecule has 2 N–H and O–H groups in total. The number of anilines is 2. The molecule has 0 saturated carbocycles. The number of rotatable bonds is 8. The molecule has 292 valence electrons. The number of alkyl halides is 6. The quantitative estimate of drug-likeness (QED) is 0.104. The van der Waals surface area contributed by atoms with Gasteiger partial charge in [0, 0.05) is 24.5 Å². The van der Waals surface area contributed by atoms with Crippen LogP contribution in [0.2, 0.25) is 10.3 Å². The Morgan fingerprint density at radius 1 is 0.589 bits per heavy atom. The number of hydrogen-bond donors (Lipinski definition) is 2. The third-order valence-electron chi connectivity index (χ3n) is 9.20. The maximum absolute atomic E-state index is 13.2. The second-order valence-corrected chi connectivity index (χ2v) is 13.7. The summed E-state index contributed by atoms with van der Waals surface area (Å²) in [5.74, 6) is -2.31. The minimum atomic E-state index is -4.73. The fourth-order valence-corrected chi connectivity index (χ4v) is 6.85. The Bertz CT molecular complexity index is 2030. The molecule has 2 fully saturated rings. The predicted octanol–water partition coefficient (Wildman–Crippen LogP) is 8.48. The number of carbonyl (C=O) groups is 4. The Balaban J connectivity index is 1.02. The molecule has 0 radical (unpaired) electrons. The van der Waals surface area contributed by atoms with Crippen LogP contribution in [0.4, 0.5) is 37.7 Å². The zero-order chi connectivity index (χ0) is 40.4. The lowest BCUT2D eigenvalue weighted by molar-refractivity contribution is -0.141. The van der Waals surface area contributed by atoms with E-state index in [1.807, 2.05) is 12.2 Å². The first-order valence-electron chi connectivity index (χ1n) is 17.1. The monoisotopic (exact) mass is 818 g/mol. The third kappa shape index (κ3) is 9.13. The number of pyridine rings is 2. The van der Waals surface area contributed by atoms with Crippen LogP contribution in [0.3, 0.4) is 0 Å². The maximum atomic E-state index is 13.2. The SMILES string of the molecule is O=C(Nc1ccc(C=Cc2ccc(NC(=O)[C@@H]3CCCN3C(=O)c3ccc(C(F)(F)F)nc3Cl)cc2)cc1)[C@@H]1CCCN1C(=O)c1ccc(C(F)(F)F)nc1Cl. The second-order valence-electron chi connectivity index (χ2n) is 12.9. The fraction of sp³-hybridized carbons (Fsp3) is 0.263. The van der Waals surface area contributed by atoms with Crippen LogP contribution < -0.4 is 10.6 Å². The molecule has 10 nitrogen and oxygen atoms in total. The van der Waals surface area contributed by atoms with Gasteiger partial charge in [0.05, 0.1) is 11.1 Å². The highest BCUT2D eigenvalue weighted by molar-refractivity contribution is 6.33. The molecule has 2 aromatic carbocycles. The van der Waals surface area contributed by atoms with Crippen molar-refractivity contribution >= 4 is 70.4 Å². The molecule has 0 aliphatic carbocycles. The van der Waals surface area contributed by atoms with Crippen molar-refractivity contribution in [3.05, 3.63) is 117 Å². The van der Waals surface area contributed by atoms with Crippen molar-refractivity contribution in [3.8, 4) is 0 Å². The molecule has 2 atom stereocenters. The van der Waals surface area contributed by atoms with E-state index in [4.69, 9.17) is 23.2 Å². The summed E-state index contributed by atoms with van der Waals surface area (Å²) >= 11 is 11.8. The molecular weight excluding hydrogens is 789 g/mol. The molecule has 56 heavy (non-hydrogen) atoms. The van der Waals surface area contributed by atoms with Crippen molar-refractivity contribution in [3.63, 3.8) is 0 Å². The molecule has 2 aliphatic rings. The van der Waals surface area contributed by atoms with Crippen molar-refractivity contribution in [1.29, 1.82) is 0 Å². The van der Waals surface area contributed by atoms with E-state index >= 15 is 0 Å². The topological polar surface area (TPSA) is 125 Å². The first-order valence-corrected chi connectivity index (χ1v) is 17.8. The molecule has 2 saturated heterocycles. The first kappa shape index (κ1) is 40.2. The molecule has 4 heterocycles. The summed E-state index contributed by atoms with van der Waals surface area (Å²) in [6.45, 7) is 0.432. The minimum Gasteiger partial charge on any atom is -0.327 e. The van der Waals surface area contributed by atoms with Gasteiger partial charge < -0.3 is 20.4 Å². The van der Waals surface area contributed by atoms with Gasteiger partial charge in [-0.05, 0) is 85.3 Å². The van der Waals surface area contributed by atoms with Crippen molar-refractivity contribution in [2.75, 3.05) is 23.7 Å². The smallest absolute Gasteiger partial charge is 0.327 e. The predicted molar refractivity (Wildman–Crippen MR) is 196 cm³/mol. The van der Waals surface area contributed by atoms with Crippen molar-refractivity contribution < 1.29 is 45.5 Å². The number of amides is 4. The number of carbonyl (C=O) groups excluding carboxylic acids is 4. The largest absolute Gasteiger partial charge is 0.433 e. The van der Waals surface area contributed by atoms with Gasteiger partial charge in [-0.25, -0.2) is 9.97 Å². The van der Waals surface area contributed by atoms with Crippen LogP contribution in [0, 0.1) is 0 Å². The summed E-state index contributed by atoms with van der Waals surface area (Å²) < 4.78 is 78.0. The number of nitrogens with zero attached hydrogens (tertiary/aromatic N) is 4. The molecule has 6 rings (SSSR count). The highest BCUT2D eigenvalue weighted by Gasteiger charge is 2.39. The summed E-state index contributed by atoms with van der Waals surface area (Å²) in [7, 11) is 0. The number of likely N-dealkylation sites (tertiary alicyclic amines) is 2. The van der Waals surface area contributed by atoms with E-state index in [2.05, 4.69) is 20.6 Å². The van der Waals surface area contributed by atoms with Crippen LogP contribution >= 0.6 is 23.2 Å². The third-order valence-corrected chi connectivity index (χ3v) is 9.77. The number of hydrogen-bond acceptors (Lipinski definition) is 6. The van der Waals surface area contributed by atoms with E-state index in [-0.39, 0.29) is 24.2 Å². The summed E-state index contributed by atoms with van der Waals surface area (Å²) in [4.78, 5) is 61.7. The van der Waals surface area contributed by atoms with Crippen molar-refractivity contribution in [2.24, 2.45) is 0 Å². The van der Waals surface area contributed by atoms with Gasteiger partial charge in [0.25, 0.3) is 11.8 Å². The number of benzene rings is 2. The van der Waals surface area contributed by atoms with Gasteiger partial charge in [-0.2, -0.15) is 26.3 Å². The number of nitrogens with one attached hydrogen (secondary N) is 2. The van der Waals surface area contributed by atoms with Crippen LogP contribution in [0.25, 0.3) is 12.2 Å². The highest BCUT2D eigenvalue weighted by atomic mass is 35.5. The summed E-state index contributed by atoms with van der Waals surface area (Å²) in [5.41, 5.74) is -0.425. The molecule has 2 aromatic heterocycles. The lowest BCUT2D eigenvalue weighted by Gasteiger charge is -2.24. The van der Waals surface area contributed by atoms with E-state index in [1.54, 1.807) is 48.5 Å². The van der Waals surface area contributed by atoms with E-state index in [0.717, 1.165) is 23.3 Å². The van der Waals surface area contributed by atoms with Crippen LogP contribution in [0.1, 0.15) is 68.9 Å². The molecule has 0 bridgehead atoms. The molecule has 0 unspecified atom stereocenters. The zero-order valence-electron chi connectivity index (χ0n) is 28.9. The van der Waals surface area contributed by atoms with Gasteiger partial charge in [0.1, 0.15) is 33.8 Å². The first-order chi connectivity index (χ1) is 26.5. The van der Waals surface area contributed by atoms with Gasteiger partial charge in [-0.1, -0.05) is 59.6 Å². The fourth-order valence-electron chi connectivity index (χ4n) is 6.38. The lowest BCUT2D eigenvalue weighted by atomic mass is 10.1. The van der Waals surface area contributed by atoms with Gasteiger partial charge in [-0.3, -0.25) is 19.2 Å². The van der Waals surface area contributed by atoms with Gasteiger partial charge in [-0.15, -0.1) is 0 Å². The average molecular weight is 820 g/mol. The number of halogens is 8. The summed E-state index contributed by atoms with van der Waals surface area (Å²) in [6.07, 6.45) is -4.09. The number of aromatic nitrogens is 2. The van der Waals surface area contributed by atoms with Crippen LogP contribution in [-0.4, -0.2) is 68.6 Å². The Morgan fingerprint density at radius 3 is 1.27 bits per heavy atom. The van der Waals surface area contributed by atoms with E-state index in [9.17, 15) is 45.5 Å². The van der Waals surface area contributed by atoms with E-state index < -0.39 is 69.8 Å². The Labute approximate surface area is 325 Å². The standard InChI is InChI=1S/C38H30Cl2F6N6O4/c39-31-25(15-17-29(49-31)37(41,42)43)35(55)51-19-1-3-27(51)33(53)47-23-11-7-21(8-12-23)5-6-22-9-13-24(14-10-22)48-34(54)28-4-2-20-52(28)36(56)26-16-18-30(38(44,45)46)50-32(26)40/h5-18,27-28H,1-4,19-20H2,(H,47,53)(H,48,54)/t27-,28-/m0/s1. The summed E-state index contributed by atoms with van der Waals surface area (Å²) in [6, 6.07) is 15.2. The second kappa shape index (κ2) is 16.3. The van der Waals surface area contributed by atoms with Crippen molar-refractivity contribution in [2.45, 2.75) is 50.1 Å². The van der Waals surface area contributed by atoms with Crippen LogP contribution in [0.15, 0.2) is 72.8 Å². The van der Waals surface area contributed by atoms with Gasteiger partial charge >= 0.3 is 12.4 Å². The molecular formula is C38H30Cl2F6N6O4. The molecule has 4 amide bonds. The lowest BCUT2D eigenvalue weighted by Crippen LogP contribution is -2.43. The van der Waals surface area contributed by atoms with Gasteiger partial charge in [0.15, 0.2) is 0 Å². The normalized spacial score (nSPS) is 17.4. The molecule has 2 aliphatic heterocycles. The van der Waals surface area contributed by atoms with Gasteiger partial charge in [0.2, 0.25) is 11.8 Å². The van der Waals surface area contributed by atoms with Crippen LogP contribution in [-0.2, 0) is 21.9 Å². The minimum absolute atomic E-state index is 0.216. The Hall–Kier alpha value is -5.48. The Kier molecular flexibility index (Phi) is 11.7. The Morgan fingerprint density at radius 2 is 0.946 bits per heavy atom. The van der Waals surface area contributed by atoms with E-state index in [0.29, 0.717) is 49.2 Å². The maximum Gasteiger partial charge on any atom is 0.433 e.